The number of carbonyl (C=O) groups excluding carboxylic acids is 9. The van der Waals surface area contributed by atoms with E-state index in [1.54, 1.807) is 10.8 Å². The lowest BCUT2D eigenvalue weighted by molar-refractivity contribution is -0.156. The molecule has 0 aromatic carbocycles. The fourth-order valence-electron chi connectivity index (χ4n) is 2.74. The average molecular weight is 1460 g/mol. The second kappa shape index (κ2) is 56.3. The number of alkyl halides is 1. The van der Waals surface area contributed by atoms with E-state index in [9.17, 15) is 43.2 Å². The lowest BCUT2D eigenvalue weighted by atomic mass is 10.4. The number of ketones is 1. The maximum absolute atomic E-state index is 10.8. The van der Waals surface area contributed by atoms with Gasteiger partial charge in [-0.1, -0.05) is 75.2 Å². The van der Waals surface area contributed by atoms with Crippen LogP contribution in [-0.4, -0.2) is 111 Å². The largest absolute Gasteiger partial charge is 0.459 e. The number of hydrogen-bond acceptors (Lipinski definition) is 23. The number of Topliss-reactive ketones (excluding diaryl/α,β-unsaturated/α-hetero) is 1. The Morgan fingerprint density at radius 1 is 0.767 bits per heavy atom. The maximum atomic E-state index is 10.8. The van der Waals surface area contributed by atoms with E-state index in [2.05, 4.69) is 137 Å². The fraction of sp³-hybridized carbons (Fsp3) is 0.462. The molecule has 0 saturated carbocycles. The number of thiocarbonyl (C=S) groups is 1. The summed E-state index contributed by atoms with van der Waals surface area (Å²) in [5.74, 6) is -2.66. The van der Waals surface area contributed by atoms with Crippen molar-refractivity contribution >= 4 is 208 Å². The van der Waals surface area contributed by atoms with Gasteiger partial charge in [0.25, 0.3) is 0 Å². The topological polar surface area (TPSA) is 386 Å². The van der Waals surface area contributed by atoms with Crippen molar-refractivity contribution in [3.8, 4) is 0 Å². The van der Waals surface area contributed by atoms with E-state index in [0.29, 0.717) is 45.3 Å². The van der Waals surface area contributed by atoms with Crippen LogP contribution in [0.25, 0.3) is 0 Å². The van der Waals surface area contributed by atoms with E-state index in [1.165, 1.54) is 75.6 Å². The number of hydrogen-bond donors (Lipinski definition) is 8. The highest BCUT2D eigenvalue weighted by Crippen LogP contribution is 2.29. The van der Waals surface area contributed by atoms with Gasteiger partial charge in [-0.15, -0.1) is 22.7 Å². The minimum absolute atomic E-state index is 0. The zero-order valence-corrected chi connectivity index (χ0v) is 49.1. The predicted octanol–water partition coefficient (Wildman–Crippen LogP) is 7.95. The van der Waals surface area contributed by atoms with Crippen LogP contribution in [-0.2, 0) is 77.2 Å². The molecule has 0 unspecified atom stereocenters. The highest BCUT2D eigenvalue weighted by molar-refractivity contribution is 9.93. The second-order valence-electron chi connectivity index (χ2n) is 11.2. The Balaban J connectivity index is -0.0000000936. The number of nitrogens with two attached hydrogens (primary N) is 3. The van der Waals surface area contributed by atoms with E-state index in [1.807, 2.05) is 0 Å². The number of thiazole rings is 3. The Morgan fingerprint density at radius 3 is 1.44 bits per heavy atom. The lowest BCUT2D eigenvalue weighted by Gasteiger charge is -1.97. The van der Waals surface area contributed by atoms with Crippen LogP contribution in [0.4, 0.5) is 15.4 Å². The number of esters is 4. The van der Waals surface area contributed by atoms with E-state index < -0.39 is 11.9 Å². The number of nitrogens with one attached hydrogen (secondary N) is 2. The monoisotopic (exact) mass is 1460 g/mol. The van der Waals surface area contributed by atoms with Crippen LogP contribution >= 0.6 is 134 Å². The Morgan fingerprint density at radius 2 is 1.18 bits per heavy atom. The maximum Gasteiger partial charge on any atom is 0.310 e. The SMILES string of the molecule is BrBr.C.C.C.C.C=C(Cl)CO.CC(=O)Nc1nc(COC(C)=O)c(Br)s1.CC(=O)Nc1nc(COC(C)=O)cs1.CC(=O)OC(C)=O.NC(N)=S.Nc1nc(CO)cs1.O=C(CO)CBr.O=C1CCC(=O)N1Br. The van der Waals surface area contributed by atoms with Gasteiger partial charge < -0.3 is 57.4 Å². The number of ether oxygens (including phenoxy) is 3. The number of aliphatic hydroxyl groups is 3. The molecule has 1 fully saturated rings. The summed E-state index contributed by atoms with van der Waals surface area (Å²) in [6.07, 6.45) is 0.703. The fourth-order valence-corrected chi connectivity index (χ4v) is 5.98. The number of carbonyl (C=O) groups is 9. The van der Waals surface area contributed by atoms with Gasteiger partial charge in [-0.05, 0) is 28.1 Å². The third kappa shape index (κ3) is 62.7. The lowest BCUT2D eigenvalue weighted by Crippen LogP contribution is -2.18. The van der Waals surface area contributed by atoms with Gasteiger partial charge in [0.05, 0.1) is 49.9 Å². The number of anilines is 3. The Labute approximate surface area is 488 Å². The third-order valence-corrected chi connectivity index (χ3v) is 9.92. The number of nitrogens with zero attached hydrogens (tertiary/aromatic N) is 4. The van der Waals surface area contributed by atoms with E-state index >= 15 is 0 Å². The van der Waals surface area contributed by atoms with E-state index in [0.717, 1.165) is 7.71 Å². The first-order valence-corrected chi connectivity index (χ1v) is 27.5. The number of rotatable bonds is 10. The quantitative estimate of drug-likeness (QED) is 0.0181. The summed E-state index contributed by atoms with van der Waals surface area (Å²) in [6, 6.07) is 0. The van der Waals surface area contributed by atoms with Crippen molar-refractivity contribution in [1.82, 2.24) is 18.9 Å². The Kier molecular flexibility index (Phi) is 68.7. The molecule has 0 aliphatic carbocycles. The van der Waals surface area contributed by atoms with Gasteiger partial charge in [0.15, 0.2) is 26.3 Å². The highest BCUT2D eigenvalue weighted by atomic mass is 80.9. The first-order valence-electron chi connectivity index (χ1n) is 17.8. The van der Waals surface area contributed by atoms with Gasteiger partial charge in [-0.2, -0.15) is 0 Å². The van der Waals surface area contributed by atoms with Gasteiger partial charge in [0, 0.05) is 98.4 Å². The van der Waals surface area contributed by atoms with Gasteiger partial charge in [-0.25, -0.2) is 18.9 Å². The predicted molar refractivity (Wildman–Crippen MR) is 310 cm³/mol. The van der Waals surface area contributed by atoms with Crippen molar-refractivity contribution in [2.24, 2.45) is 11.5 Å². The Bertz CT molecular complexity index is 2050. The highest BCUT2D eigenvalue weighted by Gasteiger charge is 2.26. The second-order valence-corrected chi connectivity index (χ2v) is 17.5. The molecule has 1 saturated heterocycles. The first kappa shape index (κ1) is 89.1. The molecule has 4 heterocycles. The van der Waals surface area contributed by atoms with E-state index in [-0.39, 0.29) is 120 Å². The molecule has 4 rings (SSSR count). The van der Waals surface area contributed by atoms with Crippen molar-refractivity contribution in [3.63, 3.8) is 0 Å². The van der Waals surface area contributed by atoms with E-state index in [4.69, 9.17) is 42.1 Å². The minimum atomic E-state index is -0.562. The smallest absolute Gasteiger partial charge is 0.310 e. The number of aromatic nitrogens is 3. The summed E-state index contributed by atoms with van der Waals surface area (Å²) in [7, 11) is 0. The molecule has 34 heteroatoms. The molecule has 0 bridgehead atoms. The van der Waals surface area contributed by atoms with Gasteiger partial charge in [0.1, 0.15) is 25.5 Å². The zero-order valence-electron chi connectivity index (χ0n) is 37.2. The molecular formula is C39H65Br5ClN9O15S4. The van der Waals surface area contributed by atoms with Gasteiger partial charge in [0.2, 0.25) is 23.6 Å². The molecule has 3 aromatic heterocycles. The van der Waals surface area contributed by atoms with Crippen molar-refractivity contribution in [3.05, 3.63) is 43.2 Å². The number of halogens is 6. The number of imide groups is 1. The molecule has 422 valence electrons. The van der Waals surface area contributed by atoms with Crippen LogP contribution in [0.15, 0.2) is 26.2 Å². The molecule has 73 heavy (non-hydrogen) atoms. The van der Waals surface area contributed by atoms with Crippen molar-refractivity contribution in [2.75, 3.05) is 34.9 Å². The van der Waals surface area contributed by atoms with Crippen LogP contribution < -0.4 is 27.8 Å². The van der Waals surface area contributed by atoms with Crippen LogP contribution in [0.1, 0.15) is 101 Å². The minimum Gasteiger partial charge on any atom is -0.459 e. The average Bonchev–Trinajstić information content (AvgIpc) is 4.05. The van der Waals surface area contributed by atoms with Crippen LogP contribution in [0.5, 0.6) is 0 Å². The van der Waals surface area contributed by atoms with Crippen molar-refractivity contribution in [1.29, 1.82) is 0 Å². The molecule has 11 N–H and O–H groups in total. The molecule has 0 atom stereocenters. The molecule has 1 aliphatic rings. The summed E-state index contributed by atoms with van der Waals surface area (Å²) in [5, 5.41) is 34.9. The third-order valence-electron chi connectivity index (χ3n) is 5.11. The zero-order chi connectivity index (χ0) is 54.8. The standard InChI is InChI=1S/C8H9BrN2O3S.C8H10N2O3S.C4H4BrNO2.C4H6N2OS.C4H6O3.C3H5BrO2.C3H5ClO.CH4N2S.4CH4.Br2/c1-4(12)10-8-11-6(7(9)15-8)3-14-5(2)13;1-5(11)9-8-10-7(4-14-8)3-13-6(2)12;5-6-3(7)1-2-4(6)8;5-4-6-3(1-7)2-8-4;1-3(5)7-4(2)6;4-1-3(6)2-5;1-3(4)2-5;2-1(3)4;;;;;1-2/h3H2,1-2H3,(H,10,11,12);4H,3H2,1-2H3,(H,9,10,11);1-2H2;2,7H,1H2,(H2,5,6);1-2H3;5H,1-2H2;5H,1-2H2;(H4,2,3,4);4*1H4;. The summed E-state index contributed by atoms with van der Waals surface area (Å²) in [5.41, 5.74) is 16.4. The molecular weight excluding hydrogens is 1400 g/mol. The number of aliphatic hydroxyl groups excluding tert-OH is 3. The van der Waals surface area contributed by atoms with Gasteiger partial charge >= 0.3 is 23.9 Å². The number of nitrogen functional groups attached to an aromatic ring is 1. The number of amides is 4. The van der Waals surface area contributed by atoms with Crippen LogP contribution in [0, 0.1) is 0 Å². The summed E-state index contributed by atoms with van der Waals surface area (Å²) >= 11 is 27.5. The van der Waals surface area contributed by atoms with Gasteiger partial charge in [-0.3, -0.25) is 43.2 Å². The molecule has 24 nitrogen and oxygen atoms in total. The summed E-state index contributed by atoms with van der Waals surface area (Å²) in [6.45, 7) is 10.8. The summed E-state index contributed by atoms with van der Waals surface area (Å²) in [4.78, 5) is 105. The molecule has 1 aliphatic heterocycles. The van der Waals surface area contributed by atoms with Crippen molar-refractivity contribution < 1.29 is 72.7 Å². The van der Waals surface area contributed by atoms with Crippen LogP contribution in [0.2, 0.25) is 0 Å². The Hall–Kier alpha value is -3.48. The molecule has 0 radical (unpaired) electrons. The molecule has 0 spiro atoms. The normalized spacial score (nSPS) is 9.49. The molecule has 3 aromatic rings. The first-order chi connectivity index (χ1) is 32.0. The van der Waals surface area contributed by atoms with Crippen LogP contribution in [0.3, 0.4) is 0 Å². The summed E-state index contributed by atoms with van der Waals surface area (Å²) < 4.78 is 15.2. The van der Waals surface area contributed by atoms with Crippen molar-refractivity contribution in [2.45, 2.75) is 104 Å². The molecule has 4 amide bonds.